The van der Waals surface area contributed by atoms with Crippen LogP contribution in [0.3, 0.4) is 0 Å². The van der Waals surface area contributed by atoms with Crippen molar-refractivity contribution in [3.8, 4) is 11.5 Å². The molecule has 0 bridgehead atoms. The van der Waals surface area contributed by atoms with Crippen LogP contribution >= 0.6 is 0 Å². The lowest BCUT2D eigenvalue weighted by molar-refractivity contribution is 0.102. The Morgan fingerprint density at radius 2 is 1.69 bits per heavy atom. The van der Waals surface area contributed by atoms with E-state index in [0.717, 1.165) is 18.5 Å². The van der Waals surface area contributed by atoms with Crippen molar-refractivity contribution in [3.63, 3.8) is 0 Å². The van der Waals surface area contributed by atoms with Crippen LogP contribution in [0.25, 0.3) is 16.5 Å². The van der Waals surface area contributed by atoms with E-state index in [2.05, 4.69) is 62.4 Å². The van der Waals surface area contributed by atoms with E-state index in [1.54, 1.807) is 36.4 Å². The van der Waals surface area contributed by atoms with Gasteiger partial charge in [0.1, 0.15) is 11.5 Å². The Bertz CT molecular complexity index is 1630. The van der Waals surface area contributed by atoms with Crippen molar-refractivity contribution >= 4 is 28.1 Å². The second kappa shape index (κ2) is 13.4. The number of carbonyl (C=O) groups is 1. The summed E-state index contributed by atoms with van der Waals surface area (Å²) >= 11 is 0. The average Bonchev–Trinajstić information content (AvgIpc) is 3.20. The lowest BCUT2D eigenvalue weighted by Crippen LogP contribution is -2.12. The van der Waals surface area contributed by atoms with Crippen LogP contribution in [0.2, 0.25) is 0 Å². The van der Waals surface area contributed by atoms with Crippen LogP contribution in [-0.2, 0) is 13.0 Å². The lowest BCUT2D eigenvalue weighted by atomic mass is 10.0. The summed E-state index contributed by atoms with van der Waals surface area (Å²) in [6, 6.07) is 17.1. The van der Waals surface area contributed by atoms with E-state index in [9.17, 15) is 15.0 Å². The number of allylic oxidation sites excluding steroid dienone is 5. The second-order valence-electron chi connectivity index (χ2n) is 11.1. The quantitative estimate of drug-likeness (QED) is 0.160. The number of rotatable bonds is 11. The molecule has 1 unspecified atom stereocenters. The maximum Gasteiger partial charge on any atom is 0.255 e. The lowest BCUT2D eigenvalue weighted by Gasteiger charge is -2.13. The molecule has 5 heteroatoms. The molecule has 3 aromatic carbocycles. The van der Waals surface area contributed by atoms with Gasteiger partial charge < -0.3 is 20.1 Å². The minimum Gasteiger partial charge on any atom is -0.507 e. The molecule has 0 fully saturated rings. The van der Waals surface area contributed by atoms with Crippen LogP contribution < -0.4 is 5.32 Å². The second-order valence-corrected chi connectivity index (χ2v) is 11.1. The first-order valence-electron chi connectivity index (χ1n) is 14.7. The van der Waals surface area contributed by atoms with Gasteiger partial charge in [-0.15, -0.1) is 0 Å². The van der Waals surface area contributed by atoms with Crippen molar-refractivity contribution in [2.24, 2.45) is 5.92 Å². The molecule has 1 heterocycles. The summed E-state index contributed by atoms with van der Waals surface area (Å²) in [5, 5.41) is 25.3. The summed E-state index contributed by atoms with van der Waals surface area (Å²) in [6.45, 7) is 15.6. The van der Waals surface area contributed by atoms with Crippen molar-refractivity contribution in [1.29, 1.82) is 0 Å². The number of anilines is 1. The Balaban J connectivity index is 1.47. The molecule has 5 nitrogen and oxygen atoms in total. The zero-order valence-electron chi connectivity index (χ0n) is 25.4. The minimum atomic E-state index is -0.324. The normalized spacial score (nSPS) is 12.6. The van der Waals surface area contributed by atoms with Crippen molar-refractivity contribution in [2.75, 3.05) is 5.32 Å². The number of nitrogens with zero attached hydrogens (tertiary/aromatic N) is 1. The third kappa shape index (κ3) is 6.68. The summed E-state index contributed by atoms with van der Waals surface area (Å²) in [7, 11) is 0. The highest BCUT2D eigenvalue weighted by Crippen LogP contribution is 2.37. The molecule has 0 radical (unpaired) electrons. The molecule has 0 aliphatic carbocycles. The Kier molecular flexibility index (Phi) is 9.74. The molecule has 0 saturated heterocycles. The molecule has 0 saturated carbocycles. The molecule has 4 aromatic rings. The Morgan fingerprint density at radius 3 is 2.31 bits per heavy atom. The van der Waals surface area contributed by atoms with E-state index >= 15 is 0 Å². The number of phenols is 2. The highest BCUT2D eigenvalue weighted by molar-refractivity contribution is 6.04. The molecule has 0 aliphatic heterocycles. The minimum absolute atomic E-state index is 0.139. The number of aromatic hydroxyl groups is 2. The number of fused-ring (bicyclic) bond motifs is 1. The Labute approximate surface area is 249 Å². The van der Waals surface area contributed by atoms with Gasteiger partial charge in [-0.05, 0) is 86.1 Å². The molecule has 0 spiro atoms. The SMILES string of the molecule is C=C/C=C(\C=C/C)c1c(O)cc(NC(=O)c2ccc(Cc3ccc4c(c3)c(C)c(C)n4CCC(C)CC)cc2)cc1O. The average molecular weight is 563 g/mol. The van der Waals surface area contributed by atoms with Crippen LogP contribution in [0.15, 0.2) is 85.5 Å². The third-order valence-electron chi connectivity index (χ3n) is 8.16. The van der Waals surface area contributed by atoms with Crippen LogP contribution in [0, 0.1) is 19.8 Å². The third-order valence-corrected chi connectivity index (χ3v) is 8.16. The van der Waals surface area contributed by atoms with E-state index < -0.39 is 0 Å². The molecule has 1 amide bonds. The first kappa shape index (κ1) is 30.4. The van der Waals surface area contributed by atoms with Gasteiger partial charge in [0.15, 0.2) is 0 Å². The first-order valence-corrected chi connectivity index (χ1v) is 14.7. The predicted molar refractivity (Wildman–Crippen MR) is 175 cm³/mol. The summed E-state index contributed by atoms with van der Waals surface area (Å²) in [6.07, 6.45) is 10.0. The Hall–Kier alpha value is -4.51. The molecule has 42 heavy (non-hydrogen) atoms. The fourth-order valence-corrected chi connectivity index (χ4v) is 5.37. The summed E-state index contributed by atoms with van der Waals surface area (Å²) in [5.74, 6) is 0.113. The number of phenolic OH excluding ortho intramolecular Hbond substituents is 2. The van der Waals surface area contributed by atoms with Gasteiger partial charge in [0.25, 0.3) is 5.91 Å². The molecule has 218 valence electrons. The van der Waals surface area contributed by atoms with Crippen molar-refractivity contribution in [1.82, 2.24) is 4.57 Å². The number of hydrogen-bond acceptors (Lipinski definition) is 3. The van der Waals surface area contributed by atoms with E-state index in [1.165, 1.54) is 52.7 Å². The standard InChI is InChI=1S/C37H42N2O3/c1-7-10-29(11-8-2)36-34(40)22-31(23-35(36)41)38-37(42)30-15-12-27(13-16-30)20-28-14-17-33-32(21-28)25(5)26(6)39(33)19-18-24(4)9-3/h7-8,10-17,21-24,40-41H,1,9,18-20H2,2-6H3,(H,38,42)/b11-8-,29-10+. The summed E-state index contributed by atoms with van der Waals surface area (Å²) in [4.78, 5) is 13.0. The van der Waals surface area contributed by atoms with Crippen molar-refractivity contribution in [2.45, 2.75) is 60.4 Å². The van der Waals surface area contributed by atoms with E-state index in [4.69, 9.17) is 0 Å². The number of hydrogen-bond donors (Lipinski definition) is 3. The molecule has 1 atom stereocenters. The topological polar surface area (TPSA) is 74.5 Å². The van der Waals surface area contributed by atoms with Gasteiger partial charge in [-0.25, -0.2) is 0 Å². The Morgan fingerprint density at radius 1 is 1.02 bits per heavy atom. The van der Waals surface area contributed by atoms with E-state index in [0.29, 0.717) is 22.7 Å². The number of aryl methyl sites for hydroxylation is 2. The van der Waals surface area contributed by atoms with E-state index in [1.807, 2.05) is 19.1 Å². The molecule has 0 aliphatic rings. The zero-order chi connectivity index (χ0) is 30.4. The van der Waals surface area contributed by atoms with Crippen LogP contribution in [0.4, 0.5) is 5.69 Å². The van der Waals surface area contributed by atoms with Crippen LogP contribution in [0.1, 0.15) is 71.9 Å². The number of nitrogens with one attached hydrogen (secondary N) is 1. The monoisotopic (exact) mass is 562 g/mol. The predicted octanol–water partition coefficient (Wildman–Crippen LogP) is 9.09. The van der Waals surface area contributed by atoms with Crippen molar-refractivity contribution < 1.29 is 15.0 Å². The number of benzene rings is 3. The van der Waals surface area contributed by atoms with Crippen LogP contribution in [0.5, 0.6) is 11.5 Å². The van der Waals surface area contributed by atoms with Gasteiger partial charge in [-0.1, -0.05) is 69.4 Å². The number of carbonyl (C=O) groups excluding carboxylic acids is 1. The maximum atomic E-state index is 13.0. The fraction of sp³-hybridized carbons (Fsp3) is 0.270. The maximum absolute atomic E-state index is 13.0. The smallest absolute Gasteiger partial charge is 0.255 e. The van der Waals surface area contributed by atoms with Gasteiger partial charge in [0, 0.05) is 46.5 Å². The van der Waals surface area contributed by atoms with Gasteiger partial charge in [0.05, 0.1) is 5.56 Å². The number of aromatic nitrogens is 1. The highest BCUT2D eigenvalue weighted by atomic mass is 16.3. The number of amides is 1. The van der Waals surface area contributed by atoms with Gasteiger partial charge >= 0.3 is 0 Å². The fourth-order valence-electron chi connectivity index (χ4n) is 5.37. The highest BCUT2D eigenvalue weighted by Gasteiger charge is 2.16. The molecule has 4 rings (SSSR count). The first-order chi connectivity index (χ1) is 20.2. The zero-order valence-corrected chi connectivity index (χ0v) is 25.4. The summed E-state index contributed by atoms with van der Waals surface area (Å²) in [5.41, 5.74) is 7.99. The molecule has 1 aromatic heterocycles. The van der Waals surface area contributed by atoms with Gasteiger partial charge in [-0.2, -0.15) is 0 Å². The summed E-state index contributed by atoms with van der Waals surface area (Å²) < 4.78 is 2.46. The molecular weight excluding hydrogens is 520 g/mol. The largest absolute Gasteiger partial charge is 0.507 e. The van der Waals surface area contributed by atoms with Crippen molar-refractivity contribution in [3.05, 3.63) is 119 Å². The van der Waals surface area contributed by atoms with Gasteiger partial charge in [-0.3, -0.25) is 4.79 Å². The van der Waals surface area contributed by atoms with E-state index in [-0.39, 0.29) is 23.0 Å². The van der Waals surface area contributed by atoms with Gasteiger partial charge in [0.2, 0.25) is 0 Å². The molecular formula is C37H42N2O3. The molecule has 3 N–H and O–H groups in total. The van der Waals surface area contributed by atoms with Crippen LogP contribution in [-0.4, -0.2) is 20.7 Å².